The third-order valence-corrected chi connectivity index (χ3v) is 3.27. The van der Waals surface area contributed by atoms with Gasteiger partial charge in [0.2, 0.25) is 0 Å². The van der Waals surface area contributed by atoms with Gasteiger partial charge in [0, 0.05) is 0 Å². The van der Waals surface area contributed by atoms with Crippen LogP contribution in [-0.4, -0.2) is 23.8 Å². The minimum absolute atomic E-state index is 0.0557. The van der Waals surface area contributed by atoms with E-state index >= 15 is 0 Å². The average molecular weight is 214 g/mol. The van der Waals surface area contributed by atoms with E-state index in [1.54, 1.807) is 12.1 Å². The molecule has 2 N–H and O–H groups in total. The van der Waals surface area contributed by atoms with Crippen LogP contribution in [0.4, 0.5) is 0 Å². The molecule has 0 amide bonds. The second-order valence-electron chi connectivity index (χ2n) is 2.21. The fraction of sp³-hybridized carbons (Fsp3) is 0. The molecular formula is C7H5NO2Se. The monoisotopic (exact) mass is 215 g/mol. The summed E-state index contributed by atoms with van der Waals surface area (Å²) in [6.07, 6.45) is 0. The van der Waals surface area contributed by atoms with Crippen molar-refractivity contribution in [3.8, 4) is 5.75 Å². The summed E-state index contributed by atoms with van der Waals surface area (Å²) in [7, 11) is 0. The van der Waals surface area contributed by atoms with E-state index < -0.39 is 0 Å². The van der Waals surface area contributed by atoms with Gasteiger partial charge in [0.1, 0.15) is 0 Å². The Bertz CT molecular complexity index is 443. The van der Waals surface area contributed by atoms with Crippen LogP contribution in [0.15, 0.2) is 23.0 Å². The number of hydrogen-bond acceptors (Lipinski definition) is 2. The van der Waals surface area contributed by atoms with E-state index in [0.717, 1.165) is 4.26 Å². The van der Waals surface area contributed by atoms with E-state index in [4.69, 9.17) is 5.11 Å². The summed E-state index contributed by atoms with van der Waals surface area (Å²) in [6.45, 7) is 0. The number of fused-ring (bicyclic) bond motifs is 1. The van der Waals surface area contributed by atoms with Crippen molar-refractivity contribution < 1.29 is 5.11 Å². The second kappa shape index (κ2) is 2.26. The van der Waals surface area contributed by atoms with Gasteiger partial charge in [0.25, 0.3) is 0 Å². The molecular weight excluding hydrogens is 209 g/mol. The molecule has 0 radical (unpaired) electrons. The van der Waals surface area contributed by atoms with Gasteiger partial charge < -0.3 is 0 Å². The number of aromatic amines is 1. The average Bonchev–Trinajstić information content (AvgIpc) is 2.33. The number of phenols is 1. The topological polar surface area (TPSA) is 53.1 Å². The number of benzene rings is 1. The number of H-pyrrole nitrogens is 1. The summed E-state index contributed by atoms with van der Waals surface area (Å²) in [5, 5.41) is 9.66. The predicted octanol–water partition coefficient (Wildman–Crippen LogP) is 0.291. The van der Waals surface area contributed by atoms with Crippen LogP contribution < -0.4 is 5.56 Å². The van der Waals surface area contributed by atoms with E-state index in [0.29, 0.717) is 5.39 Å². The first-order valence-electron chi connectivity index (χ1n) is 3.07. The van der Waals surface area contributed by atoms with Crippen LogP contribution in [0.1, 0.15) is 0 Å². The van der Waals surface area contributed by atoms with Crippen molar-refractivity contribution >= 4 is 24.4 Å². The van der Waals surface area contributed by atoms with Crippen LogP contribution in [0, 0.1) is 0 Å². The molecule has 0 unspecified atom stereocenters. The van der Waals surface area contributed by atoms with Crippen molar-refractivity contribution in [3.63, 3.8) is 0 Å². The summed E-state index contributed by atoms with van der Waals surface area (Å²) in [5.74, 6) is 0.150. The van der Waals surface area contributed by atoms with Crippen molar-refractivity contribution in [3.05, 3.63) is 28.6 Å². The predicted molar refractivity (Wildman–Crippen MR) is 43.2 cm³/mol. The Balaban J connectivity index is 2.99. The number of phenolic OH excluding ortho intramolecular Hbond substituents is 1. The Morgan fingerprint density at radius 2 is 2.27 bits per heavy atom. The van der Waals surface area contributed by atoms with Gasteiger partial charge in [0.05, 0.1) is 0 Å². The van der Waals surface area contributed by atoms with Crippen LogP contribution in [-0.2, 0) is 0 Å². The van der Waals surface area contributed by atoms with Crippen LogP contribution in [0.3, 0.4) is 0 Å². The maximum atomic E-state index is 11.0. The zero-order valence-corrected chi connectivity index (χ0v) is 7.21. The molecule has 0 aliphatic heterocycles. The van der Waals surface area contributed by atoms with Crippen molar-refractivity contribution in [1.29, 1.82) is 0 Å². The standard InChI is InChI=1S/C7H5NO2Se/c9-4-1-2-6-5(3-4)7(10)8-11-6/h1-3,9H,(H,8,10). The Labute approximate surface area is 68.3 Å². The Morgan fingerprint density at radius 3 is 3.09 bits per heavy atom. The summed E-state index contributed by atoms with van der Waals surface area (Å²) in [4.78, 5) is 11.0. The Kier molecular flexibility index (Phi) is 1.37. The third-order valence-electron chi connectivity index (χ3n) is 1.46. The molecule has 0 aliphatic carbocycles. The van der Waals surface area contributed by atoms with Crippen molar-refractivity contribution in [1.82, 2.24) is 3.98 Å². The minimum atomic E-state index is -0.0732. The maximum absolute atomic E-state index is 11.0. The van der Waals surface area contributed by atoms with Crippen LogP contribution in [0.2, 0.25) is 0 Å². The zero-order chi connectivity index (χ0) is 7.84. The molecule has 56 valence electrons. The molecule has 0 bridgehead atoms. The summed E-state index contributed by atoms with van der Waals surface area (Å²) >= 11 is 0.0557. The number of hydrogen-bond donors (Lipinski definition) is 2. The summed E-state index contributed by atoms with van der Waals surface area (Å²) < 4.78 is 3.74. The van der Waals surface area contributed by atoms with Gasteiger partial charge in [-0.1, -0.05) is 0 Å². The second-order valence-corrected chi connectivity index (χ2v) is 3.99. The van der Waals surface area contributed by atoms with Gasteiger partial charge in [-0.15, -0.1) is 0 Å². The summed E-state index contributed by atoms with van der Waals surface area (Å²) in [5.41, 5.74) is -0.0732. The molecule has 0 aliphatic rings. The van der Waals surface area contributed by atoms with Crippen LogP contribution in [0.5, 0.6) is 5.75 Å². The third kappa shape index (κ3) is 1.00. The van der Waals surface area contributed by atoms with Gasteiger partial charge >= 0.3 is 67.8 Å². The Hall–Kier alpha value is -0.991. The quantitative estimate of drug-likeness (QED) is 0.619. The molecule has 11 heavy (non-hydrogen) atoms. The first kappa shape index (κ1) is 6.70. The number of aromatic nitrogens is 1. The molecule has 1 aromatic carbocycles. The molecule has 0 fully saturated rings. The van der Waals surface area contributed by atoms with Gasteiger partial charge in [-0.2, -0.15) is 0 Å². The van der Waals surface area contributed by atoms with Crippen molar-refractivity contribution in [2.45, 2.75) is 0 Å². The van der Waals surface area contributed by atoms with Crippen LogP contribution >= 0.6 is 0 Å². The van der Waals surface area contributed by atoms with E-state index in [-0.39, 0.29) is 26.0 Å². The van der Waals surface area contributed by atoms with Gasteiger partial charge in [-0.3, -0.25) is 0 Å². The van der Waals surface area contributed by atoms with E-state index in [1.807, 2.05) is 0 Å². The molecule has 2 rings (SSSR count). The summed E-state index contributed by atoms with van der Waals surface area (Å²) in [6, 6.07) is 4.88. The fourth-order valence-electron chi connectivity index (χ4n) is 0.941. The SMILES string of the molecule is O=c1[nH][se]c2ccc(O)cc12. The fourth-order valence-corrected chi connectivity index (χ4v) is 2.43. The first-order valence-corrected chi connectivity index (χ1v) is 4.79. The molecule has 4 heteroatoms. The molecule has 1 aromatic heterocycles. The van der Waals surface area contributed by atoms with E-state index in [9.17, 15) is 4.79 Å². The molecule has 0 spiro atoms. The first-order chi connectivity index (χ1) is 5.27. The molecule has 3 nitrogen and oxygen atoms in total. The molecule has 0 saturated heterocycles. The number of rotatable bonds is 0. The molecule has 1 heterocycles. The van der Waals surface area contributed by atoms with Crippen molar-refractivity contribution in [2.24, 2.45) is 0 Å². The number of nitrogens with one attached hydrogen (secondary N) is 1. The normalized spacial score (nSPS) is 10.5. The Morgan fingerprint density at radius 1 is 1.45 bits per heavy atom. The van der Waals surface area contributed by atoms with Gasteiger partial charge in [-0.05, 0) is 0 Å². The zero-order valence-electron chi connectivity index (χ0n) is 5.50. The molecule has 2 aromatic rings. The molecule has 0 saturated carbocycles. The van der Waals surface area contributed by atoms with Crippen LogP contribution in [0.25, 0.3) is 9.65 Å². The van der Waals surface area contributed by atoms with Crippen molar-refractivity contribution in [2.75, 3.05) is 0 Å². The van der Waals surface area contributed by atoms with E-state index in [1.165, 1.54) is 6.07 Å². The van der Waals surface area contributed by atoms with Gasteiger partial charge in [0.15, 0.2) is 0 Å². The van der Waals surface area contributed by atoms with Gasteiger partial charge in [-0.25, -0.2) is 0 Å². The molecule has 0 atom stereocenters. The van der Waals surface area contributed by atoms with E-state index in [2.05, 4.69) is 3.98 Å². The number of aromatic hydroxyl groups is 1.